The number of Topliss-reactive ketones (excluding diaryl/α,β-unsaturated/α-hetero) is 1. The predicted molar refractivity (Wildman–Crippen MR) is 67.6 cm³/mol. The van der Waals surface area contributed by atoms with E-state index in [1.807, 2.05) is 25.1 Å². The highest BCUT2D eigenvalue weighted by Gasteiger charge is 2.04. The van der Waals surface area contributed by atoms with Gasteiger partial charge in [0.15, 0.2) is 5.78 Å². The second-order valence-corrected chi connectivity index (χ2v) is 4.04. The van der Waals surface area contributed by atoms with E-state index in [2.05, 4.69) is 5.32 Å². The number of nitriles is 1. The van der Waals surface area contributed by atoms with E-state index < -0.39 is 0 Å². The molecule has 1 rings (SSSR count). The maximum Gasteiger partial charge on any atom is 0.165 e. The molecule has 0 aliphatic heterocycles. The first kappa shape index (κ1) is 13.0. The van der Waals surface area contributed by atoms with Crippen LogP contribution in [0.4, 0.5) is 11.4 Å². The molecule has 17 heavy (non-hydrogen) atoms. The minimum Gasteiger partial charge on any atom is -0.398 e. The van der Waals surface area contributed by atoms with E-state index in [-0.39, 0.29) is 12.3 Å². The van der Waals surface area contributed by atoms with Crippen molar-refractivity contribution in [2.75, 3.05) is 38.2 Å². The fourth-order valence-electron chi connectivity index (χ4n) is 1.37. The molecule has 3 N–H and O–H groups in total. The Bertz CT molecular complexity index is 448. The maximum absolute atomic E-state index is 11.5. The molecule has 0 radical (unpaired) electrons. The largest absolute Gasteiger partial charge is 0.398 e. The van der Waals surface area contributed by atoms with Crippen molar-refractivity contribution in [3.8, 4) is 6.07 Å². The van der Waals surface area contributed by atoms with Gasteiger partial charge in [-0.3, -0.25) is 4.79 Å². The molecule has 0 saturated heterocycles. The monoisotopic (exact) mass is 232 g/mol. The third kappa shape index (κ3) is 4.13. The quantitative estimate of drug-likeness (QED) is 0.730. The van der Waals surface area contributed by atoms with Crippen molar-refractivity contribution in [2.24, 2.45) is 0 Å². The zero-order valence-electron chi connectivity index (χ0n) is 10.0. The van der Waals surface area contributed by atoms with Crippen molar-refractivity contribution < 1.29 is 4.79 Å². The molecule has 0 aromatic heterocycles. The molecule has 0 fully saturated rings. The number of rotatable bonds is 5. The molecule has 5 heteroatoms. The Balaban J connectivity index is 2.59. The van der Waals surface area contributed by atoms with Crippen LogP contribution in [0, 0.1) is 11.3 Å². The number of nitrogens with two attached hydrogens (primary N) is 1. The fourth-order valence-corrected chi connectivity index (χ4v) is 1.37. The first-order valence-corrected chi connectivity index (χ1v) is 5.23. The number of hydrogen-bond donors (Lipinski definition) is 2. The number of benzene rings is 1. The summed E-state index contributed by atoms with van der Waals surface area (Å²) in [6, 6.07) is 7.03. The van der Waals surface area contributed by atoms with Gasteiger partial charge in [-0.25, -0.2) is 0 Å². The minimum absolute atomic E-state index is 0.0883. The van der Waals surface area contributed by atoms with Crippen LogP contribution in [0.5, 0.6) is 0 Å². The van der Waals surface area contributed by atoms with Crippen LogP contribution in [0.25, 0.3) is 0 Å². The van der Waals surface area contributed by atoms with Crippen LogP contribution in [0.1, 0.15) is 5.56 Å². The number of likely N-dealkylation sites (N-methyl/N-ethyl adjacent to an activating group) is 1. The van der Waals surface area contributed by atoms with E-state index in [9.17, 15) is 4.79 Å². The molecule has 0 bridgehead atoms. The summed E-state index contributed by atoms with van der Waals surface area (Å²) in [7, 11) is 3.68. The van der Waals surface area contributed by atoms with Gasteiger partial charge in [0.25, 0.3) is 0 Å². The molecule has 5 nitrogen and oxygen atoms in total. The number of hydrogen-bond acceptors (Lipinski definition) is 5. The standard InChI is InChI=1S/C12H16N4O/c1-16(2)8-11(17)7-15-10-3-4-12(14)9(5-10)6-13/h3-5,15H,7-8,14H2,1-2H3. The van der Waals surface area contributed by atoms with E-state index in [1.165, 1.54) is 0 Å². The third-order valence-corrected chi connectivity index (χ3v) is 2.16. The smallest absolute Gasteiger partial charge is 0.165 e. The fraction of sp³-hybridized carbons (Fsp3) is 0.333. The average molecular weight is 232 g/mol. The zero-order chi connectivity index (χ0) is 12.8. The van der Waals surface area contributed by atoms with Crippen molar-refractivity contribution >= 4 is 17.2 Å². The summed E-state index contributed by atoms with van der Waals surface area (Å²) in [6.07, 6.45) is 0. The number of carbonyl (C=O) groups excluding carboxylic acids is 1. The Morgan fingerprint density at radius 3 is 2.82 bits per heavy atom. The molecule has 0 aliphatic carbocycles. The molecule has 1 aromatic carbocycles. The lowest BCUT2D eigenvalue weighted by atomic mass is 10.2. The van der Waals surface area contributed by atoms with Crippen LogP contribution >= 0.6 is 0 Å². The maximum atomic E-state index is 11.5. The highest BCUT2D eigenvalue weighted by Crippen LogP contribution is 2.16. The first-order valence-electron chi connectivity index (χ1n) is 5.23. The molecule has 0 spiro atoms. The van der Waals surface area contributed by atoms with Gasteiger partial charge >= 0.3 is 0 Å². The number of anilines is 2. The topological polar surface area (TPSA) is 82.2 Å². The second kappa shape index (κ2) is 5.87. The number of carbonyl (C=O) groups is 1. The van der Waals surface area contributed by atoms with Crippen molar-refractivity contribution in [2.45, 2.75) is 0 Å². The first-order chi connectivity index (χ1) is 8.02. The van der Waals surface area contributed by atoms with E-state index in [1.54, 1.807) is 18.2 Å². The van der Waals surface area contributed by atoms with Crippen LogP contribution in [0.15, 0.2) is 18.2 Å². The van der Waals surface area contributed by atoms with Crippen molar-refractivity contribution in [3.05, 3.63) is 23.8 Å². The molecule has 90 valence electrons. The van der Waals surface area contributed by atoms with Crippen molar-refractivity contribution in [3.63, 3.8) is 0 Å². The summed E-state index contributed by atoms with van der Waals surface area (Å²) < 4.78 is 0. The van der Waals surface area contributed by atoms with E-state index in [0.29, 0.717) is 17.8 Å². The van der Waals surface area contributed by atoms with Crippen LogP contribution < -0.4 is 11.1 Å². The number of nitrogens with zero attached hydrogens (tertiary/aromatic N) is 2. The summed E-state index contributed by atoms with van der Waals surface area (Å²) in [6.45, 7) is 0.639. The van der Waals surface area contributed by atoms with E-state index in [0.717, 1.165) is 5.69 Å². The molecule has 0 atom stereocenters. The molecule has 0 aliphatic rings. The second-order valence-electron chi connectivity index (χ2n) is 4.04. The van der Waals surface area contributed by atoms with Crippen molar-refractivity contribution in [1.82, 2.24) is 4.90 Å². The SMILES string of the molecule is CN(C)CC(=O)CNc1ccc(N)c(C#N)c1. The van der Waals surface area contributed by atoms with Gasteiger partial charge in [-0.2, -0.15) is 5.26 Å². The average Bonchev–Trinajstić information content (AvgIpc) is 2.27. The van der Waals surface area contributed by atoms with Crippen molar-refractivity contribution in [1.29, 1.82) is 5.26 Å². The molecule has 1 aromatic rings. The van der Waals surface area contributed by atoms with Gasteiger partial charge in [0.1, 0.15) is 6.07 Å². The van der Waals surface area contributed by atoms with Gasteiger partial charge in [0.2, 0.25) is 0 Å². The Morgan fingerprint density at radius 1 is 1.53 bits per heavy atom. The van der Waals surface area contributed by atoms with Gasteiger partial charge in [-0.05, 0) is 32.3 Å². The highest BCUT2D eigenvalue weighted by molar-refractivity contribution is 5.84. The number of nitrogens with one attached hydrogen (secondary N) is 1. The lowest BCUT2D eigenvalue weighted by Gasteiger charge is -2.10. The van der Waals surface area contributed by atoms with E-state index >= 15 is 0 Å². The summed E-state index contributed by atoms with van der Waals surface area (Å²) in [5.41, 5.74) is 7.18. The zero-order valence-corrected chi connectivity index (χ0v) is 10.0. The van der Waals surface area contributed by atoms with Gasteiger partial charge in [0.05, 0.1) is 18.7 Å². The molecular formula is C12H16N4O. The van der Waals surface area contributed by atoms with Crippen LogP contribution in [0.3, 0.4) is 0 Å². The minimum atomic E-state index is 0.0883. The Hall–Kier alpha value is -2.06. The molecule has 0 saturated carbocycles. The number of nitrogen functional groups attached to an aromatic ring is 1. The lowest BCUT2D eigenvalue weighted by molar-refractivity contribution is -0.118. The Kier molecular flexibility index (Phi) is 4.49. The van der Waals surface area contributed by atoms with Crippen LogP contribution in [0.2, 0.25) is 0 Å². The highest BCUT2D eigenvalue weighted by atomic mass is 16.1. The predicted octanol–water partition coefficient (Wildman–Crippen LogP) is 0.683. The Morgan fingerprint density at radius 2 is 2.24 bits per heavy atom. The van der Waals surface area contributed by atoms with Gasteiger partial charge in [0, 0.05) is 11.4 Å². The lowest BCUT2D eigenvalue weighted by Crippen LogP contribution is -2.26. The van der Waals surface area contributed by atoms with Crippen LogP contribution in [-0.4, -0.2) is 37.9 Å². The summed E-state index contributed by atoms with van der Waals surface area (Å²) in [5.74, 6) is 0.0883. The summed E-state index contributed by atoms with van der Waals surface area (Å²) in [4.78, 5) is 13.3. The third-order valence-electron chi connectivity index (χ3n) is 2.16. The molecule has 0 heterocycles. The molecular weight excluding hydrogens is 216 g/mol. The number of ketones is 1. The summed E-state index contributed by atoms with van der Waals surface area (Å²) in [5, 5.41) is 11.8. The van der Waals surface area contributed by atoms with Crippen LogP contribution in [-0.2, 0) is 4.79 Å². The summed E-state index contributed by atoms with van der Waals surface area (Å²) >= 11 is 0. The van der Waals surface area contributed by atoms with Gasteiger partial charge < -0.3 is 16.0 Å². The van der Waals surface area contributed by atoms with Gasteiger partial charge in [-0.15, -0.1) is 0 Å². The molecule has 0 unspecified atom stereocenters. The van der Waals surface area contributed by atoms with Gasteiger partial charge in [-0.1, -0.05) is 0 Å². The van der Waals surface area contributed by atoms with E-state index in [4.69, 9.17) is 11.0 Å². The Labute approximate surface area is 101 Å². The molecule has 0 amide bonds. The normalized spacial score (nSPS) is 10.0.